The van der Waals surface area contributed by atoms with Crippen LogP contribution >= 0.6 is 0 Å². The molecule has 4 nitrogen and oxygen atoms in total. The van der Waals surface area contributed by atoms with E-state index in [1.165, 1.54) is 0 Å². The zero-order chi connectivity index (χ0) is 15.5. The predicted octanol–water partition coefficient (Wildman–Crippen LogP) is 4.29. The molecule has 0 spiro atoms. The third-order valence-electron chi connectivity index (χ3n) is 3.41. The molecule has 0 atom stereocenters. The molecule has 0 aliphatic carbocycles. The SMILES string of the molecule is CCOC(=O)c1c(-c2cccc(OC)c2)oc2ccccc12. The number of hydrogen-bond donors (Lipinski definition) is 0. The Labute approximate surface area is 128 Å². The molecule has 0 fully saturated rings. The van der Waals surface area contributed by atoms with Crippen LogP contribution in [0.25, 0.3) is 22.3 Å². The van der Waals surface area contributed by atoms with Gasteiger partial charge >= 0.3 is 5.97 Å². The Balaban J connectivity index is 2.23. The fourth-order valence-corrected chi connectivity index (χ4v) is 2.42. The summed E-state index contributed by atoms with van der Waals surface area (Å²) >= 11 is 0. The molecule has 0 bridgehead atoms. The molecule has 0 radical (unpaired) electrons. The van der Waals surface area contributed by atoms with E-state index in [-0.39, 0.29) is 5.97 Å². The van der Waals surface area contributed by atoms with Gasteiger partial charge in [-0.15, -0.1) is 0 Å². The van der Waals surface area contributed by atoms with E-state index in [4.69, 9.17) is 13.9 Å². The minimum absolute atomic E-state index is 0.315. The van der Waals surface area contributed by atoms with E-state index in [1.54, 1.807) is 14.0 Å². The number of carbonyl (C=O) groups is 1. The second kappa shape index (κ2) is 5.93. The highest BCUT2D eigenvalue weighted by Gasteiger charge is 2.23. The minimum atomic E-state index is -0.384. The van der Waals surface area contributed by atoms with Crippen molar-refractivity contribution in [1.82, 2.24) is 0 Å². The van der Waals surface area contributed by atoms with Crippen LogP contribution in [0, 0.1) is 0 Å². The van der Waals surface area contributed by atoms with Crippen LogP contribution < -0.4 is 4.74 Å². The van der Waals surface area contributed by atoms with Crippen molar-refractivity contribution in [2.75, 3.05) is 13.7 Å². The summed E-state index contributed by atoms with van der Waals surface area (Å²) in [5.41, 5.74) is 1.88. The van der Waals surface area contributed by atoms with Gasteiger partial charge in [-0.3, -0.25) is 0 Å². The Bertz CT molecular complexity index is 817. The largest absolute Gasteiger partial charge is 0.497 e. The number of furan rings is 1. The summed E-state index contributed by atoms with van der Waals surface area (Å²) in [6, 6.07) is 14.8. The van der Waals surface area contributed by atoms with Crippen molar-refractivity contribution in [3.63, 3.8) is 0 Å². The molecule has 0 saturated carbocycles. The van der Waals surface area contributed by atoms with Crippen LogP contribution in [0.2, 0.25) is 0 Å². The van der Waals surface area contributed by atoms with Gasteiger partial charge in [0.25, 0.3) is 0 Å². The van der Waals surface area contributed by atoms with Crippen LogP contribution in [0.15, 0.2) is 52.9 Å². The first-order chi connectivity index (χ1) is 10.7. The van der Waals surface area contributed by atoms with Gasteiger partial charge in [-0.1, -0.05) is 30.3 Å². The summed E-state index contributed by atoms with van der Waals surface area (Å²) in [5.74, 6) is 0.816. The van der Waals surface area contributed by atoms with E-state index >= 15 is 0 Å². The maximum Gasteiger partial charge on any atom is 0.342 e. The number of fused-ring (bicyclic) bond motifs is 1. The summed E-state index contributed by atoms with van der Waals surface area (Å²) < 4.78 is 16.3. The molecule has 1 aromatic heterocycles. The van der Waals surface area contributed by atoms with Gasteiger partial charge in [0.1, 0.15) is 22.7 Å². The van der Waals surface area contributed by atoms with E-state index < -0.39 is 0 Å². The van der Waals surface area contributed by atoms with Gasteiger partial charge in [0.05, 0.1) is 13.7 Å². The molecule has 3 aromatic rings. The lowest BCUT2D eigenvalue weighted by Gasteiger charge is -2.05. The molecule has 0 unspecified atom stereocenters. The van der Waals surface area contributed by atoms with E-state index in [0.29, 0.717) is 29.3 Å². The van der Waals surface area contributed by atoms with Crippen LogP contribution in [-0.4, -0.2) is 19.7 Å². The standard InChI is InChI=1S/C18H16O4/c1-3-21-18(19)16-14-9-4-5-10-15(14)22-17(16)12-7-6-8-13(11-12)20-2/h4-11H,3H2,1-2H3. The van der Waals surface area contributed by atoms with Gasteiger partial charge in [-0.25, -0.2) is 4.79 Å². The Kier molecular flexibility index (Phi) is 3.83. The molecule has 0 aliphatic rings. The molecule has 112 valence electrons. The molecule has 3 rings (SSSR count). The summed E-state index contributed by atoms with van der Waals surface area (Å²) in [6.07, 6.45) is 0. The van der Waals surface area contributed by atoms with Gasteiger partial charge in [0.2, 0.25) is 0 Å². The molecule has 0 amide bonds. The number of carbonyl (C=O) groups excluding carboxylic acids is 1. The third kappa shape index (κ3) is 2.44. The lowest BCUT2D eigenvalue weighted by Crippen LogP contribution is -2.05. The van der Waals surface area contributed by atoms with Gasteiger partial charge in [-0.2, -0.15) is 0 Å². The average Bonchev–Trinajstić information content (AvgIpc) is 2.94. The number of ether oxygens (including phenoxy) is 2. The average molecular weight is 296 g/mol. The first-order valence-corrected chi connectivity index (χ1v) is 7.07. The van der Waals surface area contributed by atoms with Crippen LogP contribution in [0.5, 0.6) is 5.75 Å². The number of para-hydroxylation sites is 1. The highest BCUT2D eigenvalue weighted by Crippen LogP contribution is 2.35. The second-order valence-corrected chi connectivity index (χ2v) is 4.75. The zero-order valence-electron chi connectivity index (χ0n) is 12.5. The molecule has 4 heteroatoms. The van der Waals surface area contributed by atoms with Crippen LogP contribution in [-0.2, 0) is 4.74 Å². The van der Waals surface area contributed by atoms with Crippen LogP contribution in [0.3, 0.4) is 0 Å². The topological polar surface area (TPSA) is 48.7 Å². The highest BCUT2D eigenvalue weighted by molar-refractivity contribution is 6.08. The number of methoxy groups -OCH3 is 1. The zero-order valence-corrected chi connectivity index (χ0v) is 12.5. The minimum Gasteiger partial charge on any atom is -0.497 e. The van der Waals surface area contributed by atoms with Gasteiger partial charge in [0.15, 0.2) is 0 Å². The molecule has 0 aliphatic heterocycles. The number of benzene rings is 2. The van der Waals surface area contributed by atoms with Crippen molar-refractivity contribution in [1.29, 1.82) is 0 Å². The lowest BCUT2D eigenvalue weighted by molar-refractivity contribution is 0.0528. The summed E-state index contributed by atoms with van der Waals surface area (Å²) in [4.78, 5) is 12.4. The Morgan fingerprint density at radius 1 is 1.14 bits per heavy atom. The molecule has 1 heterocycles. The summed E-state index contributed by atoms with van der Waals surface area (Å²) in [6.45, 7) is 2.10. The van der Waals surface area contributed by atoms with E-state index in [1.807, 2.05) is 48.5 Å². The number of esters is 1. The summed E-state index contributed by atoms with van der Waals surface area (Å²) in [7, 11) is 1.60. The Morgan fingerprint density at radius 3 is 2.73 bits per heavy atom. The first kappa shape index (κ1) is 14.2. The van der Waals surface area contributed by atoms with E-state index in [9.17, 15) is 4.79 Å². The molecular formula is C18H16O4. The fourth-order valence-electron chi connectivity index (χ4n) is 2.42. The van der Waals surface area contributed by atoms with Crippen molar-refractivity contribution < 1.29 is 18.7 Å². The normalized spacial score (nSPS) is 10.6. The number of hydrogen-bond acceptors (Lipinski definition) is 4. The summed E-state index contributed by atoms with van der Waals surface area (Å²) in [5, 5.41) is 0.749. The van der Waals surface area contributed by atoms with Crippen molar-refractivity contribution in [3.05, 3.63) is 54.1 Å². The van der Waals surface area contributed by atoms with E-state index in [0.717, 1.165) is 10.9 Å². The van der Waals surface area contributed by atoms with Crippen molar-refractivity contribution in [2.24, 2.45) is 0 Å². The Hall–Kier alpha value is -2.75. The second-order valence-electron chi connectivity index (χ2n) is 4.75. The smallest absolute Gasteiger partial charge is 0.342 e. The van der Waals surface area contributed by atoms with Gasteiger partial charge < -0.3 is 13.9 Å². The van der Waals surface area contributed by atoms with Gasteiger partial charge in [0, 0.05) is 10.9 Å². The van der Waals surface area contributed by atoms with E-state index in [2.05, 4.69) is 0 Å². The van der Waals surface area contributed by atoms with Crippen molar-refractivity contribution in [3.8, 4) is 17.1 Å². The fraction of sp³-hybridized carbons (Fsp3) is 0.167. The predicted molar refractivity (Wildman–Crippen MR) is 84.2 cm³/mol. The monoisotopic (exact) mass is 296 g/mol. The molecule has 0 N–H and O–H groups in total. The van der Waals surface area contributed by atoms with Crippen LogP contribution in [0.4, 0.5) is 0 Å². The van der Waals surface area contributed by atoms with Gasteiger partial charge in [-0.05, 0) is 25.1 Å². The van der Waals surface area contributed by atoms with Crippen LogP contribution in [0.1, 0.15) is 17.3 Å². The van der Waals surface area contributed by atoms with Crippen molar-refractivity contribution in [2.45, 2.75) is 6.92 Å². The molecule has 0 saturated heterocycles. The number of rotatable bonds is 4. The molecule has 22 heavy (non-hydrogen) atoms. The highest BCUT2D eigenvalue weighted by atomic mass is 16.5. The molecule has 2 aromatic carbocycles. The maximum atomic E-state index is 12.4. The maximum absolute atomic E-state index is 12.4. The Morgan fingerprint density at radius 2 is 1.95 bits per heavy atom. The third-order valence-corrected chi connectivity index (χ3v) is 3.41. The molecular weight excluding hydrogens is 280 g/mol. The van der Waals surface area contributed by atoms with Crippen molar-refractivity contribution >= 4 is 16.9 Å². The first-order valence-electron chi connectivity index (χ1n) is 7.07. The quantitative estimate of drug-likeness (QED) is 0.674. The lowest BCUT2D eigenvalue weighted by atomic mass is 10.1.